The lowest BCUT2D eigenvalue weighted by atomic mass is 9.41. The number of carbonyl (C=O) groups excluding carboxylic acids is 1. The molecular formula is C31H53NO4. The molecule has 5 heteroatoms. The maximum atomic E-state index is 12.2. The highest BCUT2D eigenvalue weighted by molar-refractivity contribution is 5.67. The minimum absolute atomic E-state index is 0.120. The van der Waals surface area contributed by atoms with Gasteiger partial charge in [0, 0.05) is 13.1 Å². The number of hydrogen-bond donors (Lipinski definition) is 2. The van der Waals surface area contributed by atoms with Crippen molar-refractivity contribution in [3.05, 3.63) is 0 Å². The average Bonchev–Trinajstić information content (AvgIpc) is 3.51. The van der Waals surface area contributed by atoms with E-state index in [1.165, 1.54) is 25.7 Å². The van der Waals surface area contributed by atoms with Crippen LogP contribution < -0.4 is 0 Å². The fourth-order valence-electron chi connectivity index (χ4n) is 10.7. The number of amides is 1. The van der Waals surface area contributed by atoms with Crippen LogP contribution in [0.4, 0.5) is 4.79 Å². The largest absolute Gasteiger partial charge is 0.449 e. The second-order valence-corrected chi connectivity index (χ2v) is 14.0. The summed E-state index contributed by atoms with van der Waals surface area (Å²) in [6, 6.07) is 0. The van der Waals surface area contributed by atoms with Crippen LogP contribution in [-0.2, 0) is 4.74 Å². The van der Waals surface area contributed by atoms with Gasteiger partial charge in [-0.25, -0.2) is 4.79 Å². The molecule has 5 rings (SSSR count). The van der Waals surface area contributed by atoms with Gasteiger partial charge in [-0.1, -0.05) is 34.1 Å². The molecule has 1 saturated heterocycles. The Labute approximate surface area is 219 Å². The monoisotopic (exact) mass is 503 g/mol. The number of rotatable bonds is 6. The normalized spacial score (nSPS) is 47.1. The van der Waals surface area contributed by atoms with Crippen LogP contribution in [0.5, 0.6) is 0 Å². The summed E-state index contributed by atoms with van der Waals surface area (Å²) in [6.07, 6.45) is 12.8. The van der Waals surface area contributed by atoms with Gasteiger partial charge in [0.05, 0.1) is 18.8 Å². The van der Waals surface area contributed by atoms with Gasteiger partial charge in [0.2, 0.25) is 0 Å². The van der Waals surface area contributed by atoms with Crippen molar-refractivity contribution in [1.29, 1.82) is 0 Å². The third-order valence-corrected chi connectivity index (χ3v) is 12.5. The molecule has 0 aromatic rings. The van der Waals surface area contributed by atoms with Crippen LogP contribution >= 0.6 is 0 Å². The Morgan fingerprint density at radius 2 is 1.69 bits per heavy atom. The smallest absolute Gasteiger partial charge is 0.409 e. The first-order valence-electron chi connectivity index (χ1n) is 15.5. The molecule has 0 aromatic heterocycles. The van der Waals surface area contributed by atoms with Gasteiger partial charge in [0.15, 0.2) is 0 Å². The summed E-state index contributed by atoms with van der Waals surface area (Å²) >= 11 is 0. The molecule has 3 unspecified atom stereocenters. The number of fused-ring (bicyclic) bond motifs is 5. The molecule has 1 amide bonds. The lowest BCUT2D eigenvalue weighted by molar-refractivity contribution is -0.203. The van der Waals surface area contributed by atoms with E-state index >= 15 is 0 Å². The number of hydrogen-bond acceptors (Lipinski definition) is 4. The first-order valence-corrected chi connectivity index (χ1v) is 15.5. The number of aliphatic hydroxyl groups excluding tert-OH is 2. The number of nitrogens with zero attached hydrogens (tertiary/aromatic N) is 1. The lowest BCUT2D eigenvalue weighted by Gasteiger charge is -2.64. The Morgan fingerprint density at radius 3 is 2.42 bits per heavy atom. The van der Waals surface area contributed by atoms with Crippen LogP contribution in [0.25, 0.3) is 0 Å². The van der Waals surface area contributed by atoms with Crippen molar-refractivity contribution in [2.24, 2.45) is 52.3 Å². The summed E-state index contributed by atoms with van der Waals surface area (Å²) in [5, 5.41) is 22.4. The molecule has 0 radical (unpaired) electrons. The van der Waals surface area contributed by atoms with Gasteiger partial charge in [-0.05, 0) is 123 Å². The number of ether oxygens (including phenoxy) is 1. The highest BCUT2D eigenvalue weighted by Gasteiger charge is 2.64. The highest BCUT2D eigenvalue weighted by atomic mass is 16.6. The molecular weight excluding hydrogens is 450 g/mol. The van der Waals surface area contributed by atoms with Crippen LogP contribution in [0, 0.1) is 52.3 Å². The molecule has 5 fully saturated rings. The molecule has 36 heavy (non-hydrogen) atoms. The molecule has 4 aliphatic carbocycles. The van der Waals surface area contributed by atoms with Crippen molar-refractivity contribution < 1.29 is 19.7 Å². The number of aliphatic hydroxyl groups is 2. The van der Waals surface area contributed by atoms with Gasteiger partial charge in [0.25, 0.3) is 0 Å². The van der Waals surface area contributed by atoms with E-state index in [9.17, 15) is 15.0 Å². The minimum Gasteiger partial charge on any atom is -0.449 e. The van der Waals surface area contributed by atoms with Crippen LogP contribution in [0.15, 0.2) is 0 Å². The van der Waals surface area contributed by atoms with Crippen molar-refractivity contribution in [2.45, 2.75) is 117 Å². The summed E-state index contributed by atoms with van der Waals surface area (Å²) in [5.74, 6) is 3.75. The van der Waals surface area contributed by atoms with Crippen LogP contribution in [0.3, 0.4) is 0 Å². The molecule has 5 aliphatic rings. The molecule has 206 valence electrons. The molecule has 4 saturated carbocycles. The standard InChI is InChI=1S/C31H53NO4/c1-5-22-26-19-21(33)12-14-31(26,4)25-13-15-30(3)23(10-11-24(30)27(25)28(22)34)20(2)9-8-18-36-29(35)32-16-6-7-17-32/h20-28,33-34H,5-19H2,1-4H3/t20-,21-,22-,23?,24+,25+,26?,27+,28-,30?,31-/m1/s1. The van der Waals surface area contributed by atoms with E-state index in [-0.39, 0.29) is 23.7 Å². The predicted molar refractivity (Wildman–Crippen MR) is 142 cm³/mol. The van der Waals surface area contributed by atoms with Crippen molar-refractivity contribution >= 4 is 6.09 Å². The predicted octanol–water partition coefficient (Wildman–Crippen LogP) is 6.26. The van der Waals surface area contributed by atoms with E-state index in [2.05, 4.69) is 27.7 Å². The molecule has 11 atom stereocenters. The topological polar surface area (TPSA) is 70.0 Å². The Kier molecular flexibility index (Phi) is 7.73. The molecule has 1 aliphatic heterocycles. The molecule has 0 spiro atoms. The van der Waals surface area contributed by atoms with Crippen LogP contribution in [0.1, 0.15) is 105 Å². The van der Waals surface area contributed by atoms with Gasteiger partial charge < -0.3 is 19.8 Å². The first-order chi connectivity index (χ1) is 17.2. The first kappa shape index (κ1) is 26.8. The van der Waals surface area contributed by atoms with E-state index < -0.39 is 0 Å². The Hall–Kier alpha value is -0.810. The molecule has 0 aromatic carbocycles. The summed E-state index contributed by atoms with van der Waals surface area (Å²) < 4.78 is 5.58. The highest BCUT2D eigenvalue weighted by Crippen LogP contribution is 2.69. The fourth-order valence-corrected chi connectivity index (χ4v) is 10.7. The zero-order valence-electron chi connectivity index (χ0n) is 23.5. The van der Waals surface area contributed by atoms with Gasteiger partial charge in [-0.2, -0.15) is 0 Å². The lowest BCUT2D eigenvalue weighted by Crippen LogP contribution is -2.62. The molecule has 5 nitrogen and oxygen atoms in total. The number of likely N-dealkylation sites (tertiary alicyclic amines) is 1. The van der Waals surface area contributed by atoms with Crippen LogP contribution in [0.2, 0.25) is 0 Å². The van der Waals surface area contributed by atoms with Crippen molar-refractivity contribution in [3.8, 4) is 0 Å². The van der Waals surface area contributed by atoms with Crippen molar-refractivity contribution in [1.82, 2.24) is 4.90 Å². The Bertz CT molecular complexity index is 783. The Morgan fingerprint density at radius 1 is 1.00 bits per heavy atom. The third-order valence-electron chi connectivity index (χ3n) is 12.5. The van der Waals surface area contributed by atoms with Crippen molar-refractivity contribution in [3.63, 3.8) is 0 Å². The summed E-state index contributed by atoms with van der Waals surface area (Å²) in [4.78, 5) is 14.1. The van der Waals surface area contributed by atoms with E-state index in [1.807, 2.05) is 4.90 Å². The van der Waals surface area contributed by atoms with Gasteiger partial charge in [-0.3, -0.25) is 0 Å². The summed E-state index contributed by atoms with van der Waals surface area (Å²) in [5.41, 5.74) is 0.581. The maximum Gasteiger partial charge on any atom is 0.409 e. The summed E-state index contributed by atoms with van der Waals surface area (Å²) in [7, 11) is 0. The van der Waals surface area contributed by atoms with Gasteiger partial charge >= 0.3 is 6.09 Å². The van der Waals surface area contributed by atoms with E-state index in [0.29, 0.717) is 53.4 Å². The Balaban J connectivity index is 1.24. The zero-order chi connectivity index (χ0) is 25.7. The van der Waals surface area contributed by atoms with E-state index in [0.717, 1.165) is 64.5 Å². The van der Waals surface area contributed by atoms with Gasteiger partial charge in [0.1, 0.15) is 0 Å². The SMILES string of the molecule is CC[C@@H]1C2C[C@H](O)CC[C@]2(C)[C@H]2CCC3(C)C([C@H](C)CCCOC(=O)N4CCCC4)CC[C@H]3[C@@H]2[C@@H]1O. The fraction of sp³-hybridized carbons (Fsp3) is 0.968. The average molecular weight is 504 g/mol. The third kappa shape index (κ3) is 4.42. The summed E-state index contributed by atoms with van der Waals surface area (Å²) in [6.45, 7) is 12.0. The van der Waals surface area contributed by atoms with Gasteiger partial charge in [-0.15, -0.1) is 0 Å². The maximum absolute atomic E-state index is 12.2. The second-order valence-electron chi connectivity index (χ2n) is 14.0. The van der Waals surface area contributed by atoms with E-state index in [4.69, 9.17) is 4.74 Å². The zero-order valence-corrected chi connectivity index (χ0v) is 23.5. The minimum atomic E-state index is -0.216. The van der Waals surface area contributed by atoms with Crippen LogP contribution in [-0.4, -0.2) is 53.1 Å². The molecule has 0 bridgehead atoms. The second kappa shape index (κ2) is 10.4. The molecule has 1 heterocycles. The quantitative estimate of drug-likeness (QED) is 0.420. The molecule has 2 N–H and O–H groups in total. The van der Waals surface area contributed by atoms with Crippen molar-refractivity contribution in [2.75, 3.05) is 19.7 Å². The number of carbonyl (C=O) groups is 1. The van der Waals surface area contributed by atoms with E-state index in [1.54, 1.807) is 0 Å².